The van der Waals surface area contributed by atoms with Crippen molar-refractivity contribution >= 4 is 5.57 Å². The van der Waals surface area contributed by atoms with Crippen LogP contribution in [0.4, 0.5) is 0 Å². The fourth-order valence-corrected chi connectivity index (χ4v) is 0.893. The van der Waals surface area contributed by atoms with E-state index in [9.17, 15) is 0 Å². The zero-order valence-corrected chi connectivity index (χ0v) is 6.60. The normalized spacial score (nSPS) is 12.1. The number of aromatic amines is 1. The van der Waals surface area contributed by atoms with Gasteiger partial charge in [0.15, 0.2) is 0 Å². The zero-order chi connectivity index (χ0) is 7.56. The molecule has 0 aliphatic heterocycles. The quantitative estimate of drug-likeness (QED) is 0.629. The molecule has 1 heterocycles. The van der Waals surface area contributed by atoms with Gasteiger partial charge in [0.25, 0.3) is 0 Å². The Morgan fingerprint density at radius 2 is 2.40 bits per heavy atom. The van der Waals surface area contributed by atoms with Gasteiger partial charge < -0.3 is 4.98 Å². The smallest absolute Gasteiger partial charge is 0.0929 e. The van der Waals surface area contributed by atoms with Gasteiger partial charge in [0.05, 0.1) is 12.0 Å². The summed E-state index contributed by atoms with van der Waals surface area (Å²) in [6.45, 7) is 6.10. The van der Waals surface area contributed by atoms with E-state index in [1.165, 1.54) is 5.57 Å². The Morgan fingerprint density at radius 3 is 2.80 bits per heavy atom. The molecule has 2 heteroatoms. The van der Waals surface area contributed by atoms with E-state index in [0.717, 1.165) is 11.4 Å². The van der Waals surface area contributed by atoms with E-state index in [1.807, 2.05) is 13.8 Å². The third-order valence-corrected chi connectivity index (χ3v) is 1.64. The van der Waals surface area contributed by atoms with Gasteiger partial charge in [-0.2, -0.15) is 0 Å². The van der Waals surface area contributed by atoms with Gasteiger partial charge in [-0.15, -0.1) is 0 Å². The molecule has 54 valence electrons. The molecule has 10 heavy (non-hydrogen) atoms. The summed E-state index contributed by atoms with van der Waals surface area (Å²) >= 11 is 0. The van der Waals surface area contributed by atoms with Crippen molar-refractivity contribution in [2.45, 2.75) is 20.8 Å². The molecule has 0 aliphatic rings. The van der Waals surface area contributed by atoms with Crippen molar-refractivity contribution < 1.29 is 0 Å². The van der Waals surface area contributed by atoms with Gasteiger partial charge in [0.1, 0.15) is 0 Å². The van der Waals surface area contributed by atoms with Crippen LogP contribution < -0.4 is 0 Å². The highest BCUT2D eigenvalue weighted by atomic mass is 14.9. The van der Waals surface area contributed by atoms with Crippen molar-refractivity contribution in [3.63, 3.8) is 0 Å². The molecule has 0 saturated heterocycles. The summed E-state index contributed by atoms with van der Waals surface area (Å²) in [6, 6.07) is 0. The average Bonchev–Trinajstić information content (AvgIpc) is 2.34. The zero-order valence-electron chi connectivity index (χ0n) is 6.60. The van der Waals surface area contributed by atoms with E-state index >= 15 is 0 Å². The maximum atomic E-state index is 4.16. The first-order valence-electron chi connectivity index (χ1n) is 3.39. The monoisotopic (exact) mass is 136 g/mol. The van der Waals surface area contributed by atoms with Crippen molar-refractivity contribution in [1.82, 2.24) is 9.97 Å². The standard InChI is InChI=1S/C8H12N2/c1-4-6(2)8-7(3)9-5-10-8/h4-5H,1-3H3,(H,9,10)/b6-4-. The number of allylic oxidation sites excluding steroid dienone is 2. The molecule has 0 bridgehead atoms. The van der Waals surface area contributed by atoms with Crippen LogP contribution in [0.1, 0.15) is 25.2 Å². The molecule has 0 aliphatic carbocycles. The predicted molar refractivity (Wildman–Crippen MR) is 42.6 cm³/mol. The Bertz CT molecular complexity index is 246. The average molecular weight is 136 g/mol. The van der Waals surface area contributed by atoms with Crippen molar-refractivity contribution in [3.05, 3.63) is 23.8 Å². The maximum Gasteiger partial charge on any atom is 0.0929 e. The van der Waals surface area contributed by atoms with E-state index in [2.05, 4.69) is 23.0 Å². The second-order valence-electron chi connectivity index (χ2n) is 2.35. The Morgan fingerprint density at radius 1 is 1.70 bits per heavy atom. The Kier molecular flexibility index (Phi) is 1.90. The minimum atomic E-state index is 1.07. The Balaban J connectivity index is 3.05. The minimum Gasteiger partial charge on any atom is -0.348 e. The molecule has 2 nitrogen and oxygen atoms in total. The minimum absolute atomic E-state index is 1.07. The Hall–Kier alpha value is -1.05. The van der Waals surface area contributed by atoms with Gasteiger partial charge in [0.2, 0.25) is 0 Å². The lowest BCUT2D eigenvalue weighted by Gasteiger charge is -1.94. The molecule has 1 rings (SSSR count). The number of aromatic nitrogens is 2. The second kappa shape index (κ2) is 2.69. The third kappa shape index (κ3) is 1.10. The summed E-state index contributed by atoms with van der Waals surface area (Å²) < 4.78 is 0. The fourth-order valence-electron chi connectivity index (χ4n) is 0.893. The first-order chi connectivity index (χ1) is 4.75. The van der Waals surface area contributed by atoms with E-state index in [4.69, 9.17) is 0 Å². The molecular formula is C8H12N2. The van der Waals surface area contributed by atoms with Crippen LogP contribution in [0.2, 0.25) is 0 Å². The van der Waals surface area contributed by atoms with Crippen LogP contribution in [0.5, 0.6) is 0 Å². The summed E-state index contributed by atoms with van der Waals surface area (Å²) in [5.41, 5.74) is 3.43. The summed E-state index contributed by atoms with van der Waals surface area (Å²) in [4.78, 5) is 7.19. The number of H-pyrrole nitrogens is 1. The summed E-state index contributed by atoms with van der Waals surface area (Å²) in [6.07, 6.45) is 3.78. The molecule has 0 spiro atoms. The predicted octanol–water partition coefficient (Wildman–Crippen LogP) is 2.14. The van der Waals surface area contributed by atoms with Gasteiger partial charge in [0, 0.05) is 5.69 Å². The van der Waals surface area contributed by atoms with Crippen molar-refractivity contribution in [2.75, 3.05) is 0 Å². The van der Waals surface area contributed by atoms with Crippen LogP contribution in [-0.4, -0.2) is 9.97 Å². The molecule has 0 saturated carbocycles. The highest BCUT2D eigenvalue weighted by Gasteiger charge is 1.99. The van der Waals surface area contributed by atoms with Crippen molar-refractivity contribution in [2.24, 2.45) is 0 Å². The SMILES string of the molecule is C/C=C(/C)c1nc[nH]c1C. The third-order valence-electron chi connectivity index (χ3n) is 1.64. The molecule has 0 radical (unpaired) electrons. The van der Waals surface area contributed by atoms with Crippen LogP contribution in [0.25, 0.3) is 5.57 Å². The summed E-state index contributed by atoms with van der Waals surface area (Å²) in [5, 5.41) is 0. The molecule has 0 fully saturated rings. The van der Waals surface area contributed by atoms with Crippen molar-refractivity contribution in [1.29, 1.82) is 0 Å². The topological polar surface area (TPSA) is 28.7 Å². The summed E-state index contributed by atoms with van der Waals surface area (Å²) in [7, 11) is 0. The van der Waals surface area contributed by atoms with Crippen LogP contribution in [0.15, 0.2) is 12.4 Å². The molecule has 0 aromatic carbocycles. The first-order valence-corrected chi connectivity index (χ1v) is 3.39. The molecule has 0 atom stereocenters. The van der Waals surface area contributed by atoms with Gasteiger partial charge in [-0.25, -0.2) is 4.98 Å². The van der Waals surface area contributed by atoms with Crippen molar-refractivity contribution in [3.8, 4) is 0 Å². The Labute approximate surface area is 61.0 Å². The number of imidazole rings is 1. The van der Waals surface area contributed by atoms with E-state index in [1.54, 1.807) is 6.33 Å². The number of nitrogens with one attached hydrogen (secondary N) is 1. The fraction of sp³-hybridized carbons (Fsp3) is 0.375. The van der Waals surface area contributed by atoms with Crippen LogP contribution in [-0.2, 0) is 0 Å². The summed E-state index contributed by atoms with van der Waals surface area (Å²) in [5.74, 6) is 0. The number of hydrogen-bond donors (Lipinski definition) is 1. The number of aryl methyl sites for hydroxylation is 1. The molecule has 1 N–H and O–H groups in total. The van der Waals surface area contributed by atoms with E-state index in [-0.39, 0.29) is 0 Å². The largest absolute Gasteiger partial charge is 0.348 e. The first kappa shape index (κ1) is 7.06. The molecule has 0 unspecified atom stereocenters. The van der Waals surface area contributed by atoms with Gasteiger partial charge in [-0.3, -0.25) is 0 Å². The molecule has 1 aromatic heterocycles. The molecular weight excluding hydrogens is 124 g/mol. The van der Waals surface area contributed by atoms with Gasteiger partial charge in [-0.1, -0.05) is 6.08 Å². The van der Waals surface area contributed by atoms with Gasteiger partial charge >= 0.3 is 0 Å². The lowest BCUT2D eigenvalue weighted by atomic mass is 10.2. The number of nitrogens with zero attached hydrogens (tertiary/aromatic N) is 1. The molecule has 1 aromatic rings. The molecule has 0 amide bonds. The van der Waals surface area contributed by atoms with E-state index in [0.29, 0.717) is 0 Å². The van der Waals surface area contributed by atoms with Crippen LogP contribution in [0, 0.1) is 6.92 Å². The second-order valence-corrected chi connectivity index (χ2v) is 2.35. The van der Waals surface area contributed by atoms with Crippen LogP contribution >= 0.6 is 0 Å². The van der Waals surface area contributed by atoms with E-state index < -0.39 is 0 Å². The lowest BCUT2D eigenvalue weighted by Crippen LogP contribution is -1.81. The maximum absolute atomic E-state index is 4.16. The highest BCUT2D eigenvalue weighted by Crippen LogP contribution is 2.12. The lowest BCUT2D eigenvalue weighted by molar-refractivity contribution is 1.25. The highest BCUT2D eigenvalue weighted by molar-refractivity contribution is 5.61. The number of rotatable bonds is 1. The van der Waals surface area contributed by atoms with Crippen LogP contribution in [0.3, 0.4) is 0 Å². The van der Waals surface area contributed by atoms with Gasteiger partial charge in [-0.05, 0) is 26.3 Å². The number of hydrogen-bond acceptors (Lipinski definition) is 1.